The van der Waals surface area contributed by atoms with Gasteiger partial charge in [-0.05, 0) is 24.8 Å². The van der Waals surface area contributed by atoms with Crippen molar-refractivity contribution < 1.29 is 9.18 Å². The quantitative estimate of drug-likeness (QED) is 0.864. The molecule has 1 aromatic rings. The van der Waals surface area contributed by atoms with Crippen molar-refractivity contribution in [3.05, 3.63) is 52.4 Å². The fourth-order valence-electron chi connectivity index (χ4n) is 3.52. The molecular formula is C18H18FN3O. The van der Waals surface area contributed by atoms with E-state index in [0.29, 0.717) is 35.2 Å². The van der Waals surface area contributed by atoms with E-state index in [-0.39, 0.29) is 11.2 Å². The van der Waals surface area contributed by atoms with E-state index in [1.807, 2.05) is 13.8 Å². The zero-order chi connectivity index (χ0) is 16.8. The number of nitriles is 1. The summed E-state index contributed by atoms with van der Waals surface area (Å²) in [4.78, 5) is 16.5. The number of ketones is 1. The molecule has 2 heterocycles. The average Bonchev–Trinajstić information content (AvgIpc) is 2.45. The molecule has 118 valence electrons. The first-order valence-electron chi connectivity index (χ1n) is 7.57. The molecule has 1 aliphatic heterocycles. The van der Waals surface area contributed by atoms with Gasteiger partial charge in [-0.2, -0.15) is 5.26 Å². The van der Waals surface area contributed by atoms with Crippen LogP contribution in [-0.2, 0) is 4.79 Å². The lowest BCUT2D eigenvalue weighted by molar-refractivity contribution is -0.118. The third-order valence-corrected chi connectivity index (χ3v) is 4.47. The molecule has 0 spiro atoms. The summed E-state index contributed by atoms with van der Waals surface area (Å²) >= 11 is 0. The summed E-state index contributed by atoms with van der Waals surface area (Å²) < 4.78 is 14.3. The van der Waals surface area contributed by atoms with Gasteiger partial charge in [-0.3, -0.25) is 9.78 Å². The van der Waals surface area contributed by atoms with E-state index >= 15 is 0 Å². The predicted octanol–water partition coefficient (Wildman–Crippen LogP) is 3.35. The molecule has 1 aromatic heterocycles. The number of rotatable bonds is 1. The molecule has 5 heteroatoms. The number of aromatic nitrogens is 1. The van der Waals surface area contributed by atoms with Crippen molar-refractivity contribution in [1.82, 2.24) is 10.3 Å². The van der Waals surface area contributed by atoms with Gasteiger partial charge in [-0.1, -0.05) is 13.8 Å². The lowest BCUT2D eigenvalue weighted by Crippen LogP contribution is -2.37. The van der Waals surface area contributed by atoms with Gasteiger partial charge in [0.1, 0.15) is 5.82 Å². The van der Waals surface area contributed by atoms with E-state index < -0.39 is 11.7 Å². The molecule has 0 fully saturated rings. The van der Waals surface area contributed by atoms with Crippen LogP contribution in [0.5, 0.6) is 0 Å². The molecular weight excluding hydrogens is 293 g/mol. The second kappa shape index (κ2) is 5.31. The van der Waals surface area contributed by atoms with Crippen LogP contribution in [0.15, 0.2) is 41.0 Å². The maximum absolute atomic E-state index is 14.3. The highest BCUT2D eigenvalue weighted by atomic mass is 19.1. The van der Waals surface area contributed by atoms with Gasteiger partial charge in [0.15, 0.2) is 5.78 Å². The molecule has 0 aromatic carbocycles. The second-order valence-corrected chi connectivity index (χ2v) is 6.94. The summed E-state index contributed by atoms with van der Waals surface area (Å²) in [6, 6.07) is 3.70. The van der Waals surface area contributed by atoms with E-state index in [0.717, 1.165) is 11.9 Å². The fourth-order valence-corrected chi connectivity index (χ4v) is 3.52. The molecule has 1 N–H and O–H groups in total. The largest absolute Gasteiger partial charge is 0.361 e. The number of dihydropyridines is 1. The highest BCUT2D eigenvalue weighted by Gasteiger charge is 2.41. The standard InChI is InChI=1S/C18H18FN3O/c1-10-12(8-20)16(11-4-5-21-9-13(11)19)17-14(22-10)6-18(2,3)7-15(17)23/h4-5,9,16,22H,6-7H2,1-3H3/t16-/m0/s1. The van der Waals surface area contributed by atoms with Crippen LogP contribution in [0.3, 0.4) is 0 Å². The molecule has 2 aliphatic rings. The summed E-state index contributed by atoms with van der Waals surface area (Å²) in [6.45, 7) is 5.87. The molecule has 3 rings (SSSR count). The zero-order valence-corrected chi connectivity index (χ0v) is 13.4. The Labute approximate surface area is 134 Å². The average molecular weight is 311 g/mol. The third-order valence-electron chi connectivity index (χ3n) is 4.47. The maximum atomic E-state index is 14.3. The minimum atomic E-state index is -0.650. The lowest BCUT2D eigenvalue weighted by atomic mass is 9.69. The topological polar surface area (TPSA) is 65.8 Å². The number of carbonyl (C=O) groups excluding carboxylic acids is 1. The van der Waals surface area contributed by atoms with Crippen LogP contribution in [0.4, 0.5) is 4.39 Å². The zero-order valence-electron chi connectivity index (χ0n) is 13.4. The van der Waals surface area contributed by atoms with Crippen molar-refractivity contribution in [3.63, 3.8) is 0 Å². The monoisotopic (exact) mass is 311 g/mol. The third kappa shape index (κ3) is 2.55. The Balaban J connectivity index is 2.22. The van der Waals surface area contributed by atoms with Crippen molar-refractivity contribution in [2.45, 2.75) is 39.5 Å². The maximum Gasteiger partial charge on any atom is 0.162 e. The normalized spacial score (nSPS) is 23.3. The molecule has 0 radical (unpaired) electrons. The number of allylic oxidation sites excluding steroid dienone is 4. The number of halogens is 1. The van der Waals surface area contributed by atoms with Crippen molar-refractivity contribution >= 4 is 5.78 Å². The molecule has 4 nitrogen and oxygen atoms in total. The highest BCUT2D eigenvalue weighted by Crippen LogP contribution is 2.46. The molecule has 0 unspecified atom stereocenters. The van der Waals surface area contributed by atoms with Crippen LogP contribution in [0.25, 0.3) is 0 Å². The molecule has 1 atom stereocenters. The smallest absolute Gasteiger partial charge is 0.162 e. The van der Waals surface area contributed by atoms with Crippen LogP contribution >= 0.6 is 0 Å². The summed E-state index contributed by atoms with van der Waals surface area (Å²) in [5, 5.41) is 12.7. The Morgan fingerprint density at radius 1 is 1.43 bits per heavy atom. The van der Waals surface area contributed by atoms with Gasteiger partial charge in [0, 0.05) is 35.1 Å². The van der Waals surface area contributed by atoms with E-state index in [1.165, 1.54) is 6.20 Å². The fraction of sp³-hybridized carbons (Fsp3) is 0.389. The summed E-state index contributed by atoms with van der Waals surface area (Å²) in [6.07, 6.45) is 3.71. The van der Waals surface area contributed by atoms with E-state index in [2.05, 4.69) is 16.4 Å². The van der Waals surface area contributed by atoms with Gasteiger partial charge in [-0.25, -0.2) is 4.39 Å². The van der Waals surface area contributed by atoms with E-state index in [4.69, 9.17) is 0 Å². The van der Waals surface area contributed by atoms with E-state index in [1.54, 1.807) is 13.0 Å². The molecule has 23 heavy (non-hydrogen) atoms. The van der Waals surface area contributed by atoms with Gasteiger partial charge >= 0.3 is 0 Å². The number of nitrogens with one attached hydrogen (secondary N) is 1. The molecule has 1 aliphatic carbocycles. The molecule has 0 bridgehead atoms. The van der Waals surface area contributed by atoms with Gasteiger partial charge in [0.05, 0.1) is 23.8 Å². The first-order valence-corrected chi connectivity index (χ1v) is 7.57. The van der Waals surface area contributed by atoms with Crippen molar-refractivity contribution in [3.8, 4) is 6.07 Å². The summed E-state index contributed by atoms with van der Waals surface area (Å²) in [5.41, 5.74) is 2.59. The highest BCUT2D eigenvalue weighted by molar-refractivity contribution is 6.00. The molecule has 0 saturated carbocycles. The molecule has 0 amide bonds. The van der Waals surface area contributed by atoms with Crippen LogP contribution in [0.1, 0.15) is 45.1 Å². The minimum Gasteiger partial charge on any atom is -0.361 e. The van der Waals surface area contributed by atoms with Gasteiger partial charge in [0.2, 0.25) is 0 Å². The number of hydrogen-bond acceptors (Lipinski definition) is 4. The van der Waals surface area contributed by atoms with Crippen molar-refractivity contribution in [1.29, 1.82) is 5.26 Å². The van der Waals surface area contributed by atoms with E-state index in [9.17, 15) is 14.4 Å². The Morgan fingerprint density at radius 2 is 2.17 bits per heavy atom. The Bertz CT molecular complexity index is 799. The first kappa shape index (κ1) is 15.4. The second-order valence-electron chi connectivity index (χ2n) is 6.94. The first-order chi connectivity index (χ1) is 10.8. The SMILES string of the molecule is CC1=C(C#N)[C@H](c2ccncc2F)C2=C(CC(C)(C)CC2=O)N1. The number of hydrogen-bond donors (Lipinski definition) is 1. The predicted molar refractivity (Wildman–Crippen MR) is 83.4 cm³/mol. The number of nitrogens with zero attached hydrogens (tertiary/aromatic N) is 2. The Hall–Kier alpha value is -2.48. The van der Waals surface area contributed by atoms with Crippen molar-refractivity contribution in [2.24, 2.45) is 5.41 Å². The van der Waals surface area contributed by atoms with Crippen LogP contribution in [-0.4, -0.2) is 10.8 Å². The van der Waals surface area contributed by atoms with Crippen molar-refractivity contribution in [2.75, 3.05) is 0 Å². The number of carbonyl (C=O) groups is 1. The van der Waals surface area contributed by atoms with Crippen LogP contribution in [0.2, 0.25) is 0 Å². The van der Waals surface area contributed by atoms with Crippen LogP contribution < -0.4 is 5.32 Å². The van der Waals surface area contributed by atoms with Gasteiger partial charge in [0.25, 0.3) is 0 Å². The summed E-state index contributed by atoms with van der Waals surface area (Å²) in [5.74, 6) is -1.17. The van der Waals surface area contributed by atoms with Crippen LogP contribution in [0, 0.1) is 22.6 Å². The van der Waals surface area contributed by atoms with Gasteiger partial charge < -0.3 is 5.32 Å². The Morgan fingerprint density at radius 3 is 2.83 bits per heavy atom. The summed E-state index contributed by atoms with van der Waals surface area (Å²) in [7, 11) is 0. The minimum absolute atomic E-state index is 0.0230. The number of Topliss-reactive ketones (excluding diaryl/α,β-unsaturated/α-hetero) is 1. The lowest BCUT2D eigenvalue weighted by Gasteiger charge is -2.38. The molecule has 0 saturated heterocycles. The Kier molecular flexibility index (Phi) is 3.56. The van der Waals surface area contributed by atoms with Gasteiger partial charge in [-0.15, -0.1) is 0 Å². The number of pyridine rings is 1.